The molecule has 24 aromatic rings. The highest BCUT2D eigenvalue weighted by molar-refractivity contribution is 6.30. The Morgan fingerprint density at radius 1 is 0.182 bits per heavy atom. The highest BCUT2D eigenvalue weighted by atomic mass is 19.2. The van der Waals surface area contributed by atoms with Crippen molar-refractivity contribution in [3.8, 4) is 107 Å². The SMILES string of the molecule is N#Cc1ccc(N(c2cc(F)c(-c3cccc(-c4ccccc4)c3)cc2F)c2ccc3ccc4c(N(c5ccc(C#N)cc5)c5cc(F)c(-c6cccc(-c7ccccc7)c6)cc5F)ccc5ccc2c3c54)cc1.[C-]#[N+]c1ccc(N(c2cc(F)c(-c3ccccc3-c3ccccc3)cc2F)c2ccc3ccc4c(N(c5ccc(C#N)cc5)c5cc(F)c(-c6ccccc6-c6ccccc6)cc5F)ccc5ccc2c3c54)cc1. The molecule has 0 aliphatic heterocycles. The smallest absolute Gasteiger partial charge is 0.187 e. The van der Waals surface area contributed by atoms with E-state index in [4.69, 9.17) is 6.57 Å². The Balaban J connectivity index is 0.000000163. The van der Waals surface area contributed by atoms with E-state index in [1.165, 1.54) is 48.5 Å². The molecule has 0 unspecified atom stereocenters. The first-order valence-electron chi connectivity index (χ1n) is 47.7. The Bertz CT molecular complexity index is 8960. The minimum absolute atomic E-state index is 0.0472. The van der Waals surface area contributed by atoms with E-state index in [0.29, 0.717) is 112 Å². The van der Waals surface area contributed by atoms with Gasteiger partial charge in [0.05, 0.1) is 87.0 Å². The maximum Gasteiger partial charge on any atom is 0.187 e. The molecule has 0 bridgehead atoms. The molecule has 0 aliphatic carbocycles. The first-order chi connectivity index (χ1) is 72.5. The zero-order valence-corrected chi connectivity index (χ0v) is 78.5. The normalized spacial score (nSPS) is 11.2. The number of nitriles is 3. The van der Waals surface area contributed by atoms with Crippen molar-refractivity contribution in [3.63, 3.8) is 0 Å². The van der Waals surface area contributed by atoms with Gasteiger partial charge in [0.25, 0.3) is 0 Å². The van der Waals surface area contributed by atoms with Gasteiger partial charge in [-0.15, -0.1) is 0 Å². The fraction of sp³-hybridized carbons (Fsp3) is 0. The summed E-state index contributed by atoms with van der Waals surface area (Å²) in [6, 6.07) is 142. The molecule has 0 saturated carbocycles. The van der Waals surface area contributed by atoms with Crippen LogP contribution < -0.4 is 19.6 Å². The first kappa shape index (κ1) is 91.7. The van der Waals surface area contributed by atoms with Crippen LogP contribution >= 0.6 is 0 Å². The highest BCUT2D eigenvalue weighted by Crippen LogP contribution is 2.54. The zero-order chi connectivity index (χ0) is 101. The Morgan fingerprint density at radius 3 is 0.703 bits per heavy atom. The number of nitrogens with zero attached hydrogens (tertiary/aromatic N) is 8. The van der Waals surface area contributed by atoms with Crippen molar-refractivity contribution in [2.45, 2.75) is 0 Å². The van der Waals surface area contributed by atoms with E-state index in [9.17, 15) is 15.8 Å². The van der Waals surface area contributed by atoms with Crippen molar-refractivity contribution < 1.29 is 35.1 Å². The summed E-state index contributed by atoms with van der Waals surface area (Å²) in [5, 5.41) is 38.7. The minimum Gasteiger partial charge on any atom is -0.307 e. The fourth-order valence-electron chi connectivity index (χ4n) is 20.5. The van der Waals surface area contributed by atoms with Crippen LogP contribution in [0.1, 0.15) is 16.7 Å². The summed E-state index contributed by atoms with van der Waals surface area (Å²) < 4.78 is 136. The summed E-state index contributed by atoms with van der Waals surface area (Å²) in [6.45, 7) is 7.65. The van der Waals surface area contributed by atoms with Crippen LogP contribution in [0.25, 0.3) is 158 Å². The molecule has 16 heteroatoms. The second-order valence-corrected chi connectivity index (χ2v) is 36.0. The van der Waals surface area contributed by atoms with Crippen molar-refractivity contribution in [2.75, 3.05) is 19.6 Å². The van der Waals surface area contributed by atoms with Gasteiger partial charge in [-0.1, -0.05) is 291 Å². The molecule has 0 atom stereocenters. The Hall–Kier alpha value is -20.0. The third-order valence-electron chi connectivity index (χ3n) is 27.5. The topological polar surface area (TPSA) is 88.7 Å². The lowest BCUT2D eigenvalue weighted by Gasteiger charge is -2.30. The molecule has 8 nitrogen and oxygen atoms in total. The summed E-state index contributed by atoms with van der Waals surface area (Å²) in [7, 11) is 0. The number of hydrogen-bond acceptors (Lipinski definition) is 7. The molecular weight excluding hydrogens is 1850 g/mol. The lowest BCUT2D eigenvalue weighted by atomic mass is 9.91. The van der Waals surface area contributed by atoms with Gasteiger partial charge < -0.3 is 19.6 Å². The van der Waals surface area contributed by atoms with Crippen molar-refractivity contribution in [3.05, 3.63) is 536 Å². The Labute approximate surface area is 846 Å². The van der Waals surface area contributed by atoms with Gasteiger partial charge in [-0.05, 0) is 255 Å². The third-order valence-corrected chi connectivity index (χ3v) is 27.5. The lowest BCUT2D eigenvalue weighted by molar-refractivity contribution is 0.604. The quantitative estimate of drug-likeness (QED) is 0.0427. The van der Waals surface area contributed by atoms with Gasteiger partial charge in [-0.3, -0.25) is 0 Å². The largest absolute Gasteiger partial charge is 0.307 e. The predicted molar refractivity (Wildman–Crippen MR) is 583 cm³/mol. The standard InChI is InChI=1S/2C66H38F4N4/c1-72-46-26-30-48(31-27-46)74(64-39-58(68)56(37-60(64)70)52-19-11-9-17-50(52)43-14-6-3-7-15-43)62-35-25-45-22-32-53-61(34-24-44-23-33-54(62)66(45)65(44)53)73(47-28-20-41(40-71)21-29-47)63-38-57(67)55(36-59(63)69)51-18-10-8-16-49(51)42-12-4-2-5-13-42;67-57-37-63(59(69)35-55(57)49-15-7-13-47(33-49)43-9-3-1-4-10-43)73(51-25-17-41(39-71)18-26-51)61-31-23-45-22-30-54-62(32-24-46-21-29-53(61)65(45)66(46)54)74(52-27-19-42(40-72)20-28-52)64-38-58(68)56(36-60(64)70)50-16-8-14-48(34-50)44-11-5-2-6-12-44/h2-39H;1-38H. The summed E-state index contributed by atoms with van der Waals surface area (Å²) in [5.74, 6) is -5.22. The van der Waals surface area contributed by atoms with Crippen molar-refractivity contribution in [1.82, 2.24) is 0 Å². The van der Waals surface area contributed by atoms with Crippen LogP contribution in [0.5, 0.6) is 0 Å². The highest BCUT2D eigenvalue weighted by Gasteiger charge is 2.32. The third kappa shape index (κ3) is 16.8. The van der Waals surface area contributed by atoms with E-state index in [2.05, 4.69) is 23.1 Å². The van der Waals surface area contributed by atoms with Crippen molar-refractivity contribution in [1.29, 1.82) is 15.8 Å². The minimum atomic E-state index is -0.676. The van der Waals surface area contributed by atoms with Gasteiger partial charge >= 0.3 is 0 Å². The average Bonchev–Trinajstić information content (AvgIpc) is 0.717. The number of hydrogen-bond donors (Lipinski definition) is 0. The maximum absolute atomic E-state index is 17.3. The van der Waals surface area contributed by atoms with Crippen LogP contribution in [0, 0.1) is 87.1 Å². The molecule has 0 N–H and O–H groups in total. The molecule has 0 aromatic heterocycles. The summed E-state index contributed by atoms with van der Waals surface area (Å²) in [4.78, 5) is 10.2. The molecule has 0 heterocycles. The van der Waals surface area contributed by atoms with E-state index < -0.39 is 46.5 Å². The molecule has 0 aliphatic rings. The molecule has 0 radical (unpaired) electrons. The van der Waals surface area contributed by atoms with Crippen molar-refractivity contribution >= 4 is 139 Å². The van der Waals surface area contributed by atoms with Crippen LogP contribution in [0.3, 0.4) is 0 Å². The molecule has 0 spiro atoms. The fourth-order valence-corrected chi connectivity index (χ4v) is 20.5. The van der Waals surface area contributed by atoms with Gasteiger partial charge in [0.1, 0.15) is 46.5 Å². The van der Waals surface area contributed by atoms with Crippen LogP contribution in [-0.2, 0) is 0 Å². The summed E-state index contributed by atoms with van der Waals surface area (Å²) in [5.41, 5.74) is 14.8. The number of rotatable bonds is 20. The van der Waals surface area contributed by atoms with Gasteiger partial charge in [0, 0.05) is 90.8 Å². The predicted octanol–water partition coefficient (Wildman–Crippen LogP) is 37.7. The second-order valence-electron chi connectivity index (χ2n) is 36.0. The van der Waals surface area contributed by atoms with Crippen LogP contribution in [-0.4, -0.2) is 0 Å². The van der Waals surface area contributed by atoms with Crippen molar-refractivity contribution in [2.24, 2.45) is 0 Å². The van der Waals surface area contributed by atoms with Crippen LogP contribution in [0.4, 0.5) is 109 Å². The van der Waals surface area contributed by atoms with E-state index >= 15 is 35.1 Å². The maximum atomic E-state index is 17.3. The molecule has 24 rings (SSSR count). The first-order valence-corrected chi connectivity index (χ1v) is 47.7. The van der Waals surface area contributed by atoms with Crippen LogP contribution in [0.15, 0.2) is 461 Å². The zero-order valence-electron chi connectivity index (χ0n) is 78.5. The monoisotopic (exact) mass is 1920 g/mol. The molecule has 0 saturated heterocycles. The average molecular weight is 1930 g/mol. The van der Waals surface area contributed by atoms with Crippen LogP contribution in [0.2, 0.25) is 0 Å². The summed E-state index contributed by atoms with van der Waals surface area (Å²) in [6.07, 6.45) is 0. The lowest BCUT2D eigenvalue weighted by Crippen LogP contribution is -2.14. The summed E-state index contributed by atoms with van der Waals surface area (Å²) >= 11 is 0. The van der Waals surface area contributed by atoms with Gasteiger partial charge in [0.2, 0.25) is 0 Å². The van der Waals surface area contributed by atoms with E-state index in [1.54, 1.807) is 153 Å². The number of halogens is 8. The van der Waals surface area contributed by atoms with Gasteiger partial charge in [-0.25, -0.2) is 40.0 Å². The second kappa shape index (κ2) is 38.8. The molecule has 0 amide bonds. The molecule has 700 valence electrons. The molecular formula is C132H76F8N8. The van der Waals surface area contributed by atoms with Gasteiger partial charge in [-0.2, -0.15) is 15.8 Å². The molecule has 24 aromatic carbocycles. The van der Waals surface area contributed by atoms with E-state index in [-0.39, 0.29) is 45.0 Å². The molecule has 148 heavy (non-hydrogen) atoms. The van der Waals surface area contributed by atoms with E-state index in [1.807, 2.05) is 279 Å². The Morgan fingerprint density at radius 2 is 0.419 bits per heavy atom. The van der Waals surface area contributed by atoms with Gasteiger partial charge in [0.15, 0.2) is 5.69 Å². The molecule has 0 fully saturated rings. The Kier molecular flexibility index (Phi) is 24.0. The number of anilines is 12. The van der Waals surface area contributed by atoms with E-state index in [0.717, 1.165) is 87.6 Å². The number of benzene rings is 24.